The number of aromatic nitrogens is 2. The number of amides is 1. The quantitative estimate of drug-likeness (QED) is 0.561. The predicted molar refractivity (Wildman–Crippen MR) is 122 cm³/mol. The zero-order chi connectivity index (χ0) is 23.4. The molecular formula is C24H27N3O5. The summed E-state index contributed by atoms with van der Waals surface area (Å²) in [7, 11) is 1.54. The van der Waals surface area contributed by atoms with Gasteiger partial charge in [-0.3, -0.25) is 14.2 Å². The number of carbonyl (C=O) groups is 2. The summed E-state index contributed by atoms with van der Waals surface area (Å²) in [5.41, 5.74) is -0.0267. The summed E-state index contributed by atoms with van der Waals surface area (Å²) in [6.45, 7) is 3.56. The van der Waals surface area contributed by atoms with Crippen molar-refractivity contribution in [2.75, 3.05) is 0 Å². The van der Waals surface area contributed by atoms with Crippen LogP contribution in [0.4, 0.5) is 0 Å². The molecule has 0 aliphatic rings. The maximum atomic E-state index is 13.4. The first kappa shape index (κ1) is 23.0. The SMILES string of the molecule is CCC(C)C(NC(=O)C(Cc1ccccc1)n1c(=O)c2ccccc2n(C)c1=O)C(=O)O. The lowest BCUT2D eigenvalue weighted by Crippen LogP contribution is -2.52. The Morgan fingerprint density at radius 3 is 2.28 bits per heavy atom. The topological polar surface area (TPSA) is 110 Å². The first-order valence-electron chi connectivity index (χ1n) is 10.5. The van der Waals surface area contributed by atoms with E-state index in [9.17, 15) is 24.3 Å². The largest absolute Gasteiger partial charge is 0.480 e. The van der Waals surface area contributed by atoms with Crippen molar-refractivity contribution in [2.24, 2.45) is 13.0 Å². The van der Waals surface area contributed by atoms with Crippen LogP contribution in [0.2, 0.25) is 0 Å². The second kappa shape index (κ2) is 9.64. The van der Waals surface area contributed by atoms with E-state index in [1.165, 1.54) is 11.6 Å². The zero-order valence-corrected chi connectivity index (χ0v) is 18.3. The minimum absolute atomic E-state index is 0.0625. The molecule has 2 N–H and O–H groups in total. The van der Waals surface area contributed by atoms with Crippen LogP contribution in [-0.2, 0) is 23.1 Å². The van der Waals surface area contributed by atoms with Crippen LogP contribution in [-0.4, -0.2) is 32.2 Å². The highest BCUT2D eigenvalue weighted by molar-refractivity contribution is 5.87. The summed E-state index contributed by atoms with van der Waals surface area (Å²) >= 11 is 0. The number of nitrogens with zero attached hydrogens (tertiary/aromatic N) is 2. The van der Waals surface area contributed by atoms with Gasteiger partial charge in [-0.25, -0.2) is 14.2 Å². The second-order valence-corrected chi connectivity index (χ2v) is 7.95. The third-order valence-electron chi connectivity index (χ3n) is 5.87. The maximum Gasteiger partial charge on any atom is 0.331 e. The molecular weight excluding hydrogens is 410 g/mol. The zero-order valence-electron chi connectivity index (χ0n) is 18.3. The number of rotatable bonds is 8. The van der Waals surface area contributed by atoms with Crippen LogP contribution in [0.3, 0.4) is 0 Å². The van der Waals surface area contributed by atoms with E-state index in [4.69, 9.17) is 0 Å². The molecule has 0 bridgehead atoms. The number of aliphatic carboxylic acids is 1. The number of benzene rings is 2. The highest BCUT2D eigenvalue weighted by atomic mass is 16.4. The van der Waals surface area contributed by atoms with Crippen molar-refractivity contribution in [2.45, 2.75) is 38.8 Å². The van der Waals surface area contributed by atoms with Gasteiger partial charge < -0.3 is 10.4 Å². The van der Waals surface area contributed by atoms with Crippen LogP contribution >= 0.6 is 0 Å². The van der Waals surface area contributed by atoms with E-state index in [0.29, 0.717) is 17.3 Å². The Hall–Kier alpha value is -3.68. The molecule has 0 fully saturated rings. The molecule has 0 aliphatic carbocycles. The van der Waals surface area contributed by atoms with Gasteiger partial charge in [0.25, 0.3) is 5.56 Å². The molecule has 3 rings (SSSR count). The van der Waals surface area contributed by atoms with E-state index in [-0.39, 0.29) is 12.3 Å². The Balaban J connectivity index is 2.16. The summed E-state index contributed by atoms with van der Waals surface area (Å²) < 4.78 is 2.26. The molecule has 1 amide bonds. The highest BCUT2D eigenvalue weighted by Crippen LogP contribution is 2.16. The van der Waals surface area contributed by atoms with Crippen LogP contribution in [0.1, 0.15) is 31.9 Å². The molecule has 8 heteroatoms. The summed E-state index contributed by atoms with van der Waals surface area (Å²) in [4.78, 5) is 51.6. The first-order chi connectivity index (χ1) is 15.3. The van der Waals surface area contributed by atoms with Gasteiger partial charge in [0.1, 0.15) is 12.1 Å². The third-order valence-corrected chi connectivity index (χ3v) is 5.87. The van der Waals surface area contributed by atoms with Crippen molar-refractivity contribution in [3.8, 4) is 0 Å². The van der Waals surface area contributed by atoms with Crippen LogP contribution in [0, 0.1) is 5.92 Å². The standard InChI is InChI=1S/C24H27N3O5/c1-4-15(2)20(23(30)31)25-21(28)19(14-16-10-6-5-7-11-16)27-22(29)17-12-8-9-13-18(17)26(3)24(27)32/h5-13,15,19-20H,4,14H2,1-3H3,(H,25,28)(H,30,31). The molecule has 1 heterocycles. The first-order valence-corrected chi connectivity index (χ1v) is 10.5. The van der Waals surface area contributed by atoms with Crippen LogP contribution in [0.25, 0.3) is 10.9 Å². The van der Waals surface area contributed by atoms with Crippen LogP contribution in [0.15, 0.2) is 64.2 Å². The van der Waals surface area contributed by atoms with Gasteiger partial charge in [0, 0.05) is 13.5 Å². The Kier molecular flexibility index (Phi) is 6.92. The Morgan fingerprint density at radius 2 is 1.66 bits per heavy atom. The van der Waals surface area contributed by atoms with E-state index >= 15 is 0 Å². The average Bonchev–Trinajstić information content (AvgIpc) is 2.80. The number of carbonyl (C=O) groups excluding carboxylic acids is 1. The summed E-state index contributed by atoms with van der Waals surface area (Å²) in [6.07, 6.45) is 0.602. The minimum Gasteiger partial charge on any atom is -0.480 e. The fourth-order valence-corrected chi connectivity index (χ4v) is 3.77. The predicted octanol–water partition coefficient (Wildman–Crippen LogP) is 2.10. The lowest BCUT2D eigenvalue weighted by molar-refractivity contribution is -0.143. The van der Waals surface area contributed by atoms with Crippen molar-refractivity contribution in [3.63, 3.8) is 0 Å². The van der Waals surface area contributed by atoms with Gasteiger partial charge in [-0.05, 0) is 23.6 Å². The fourth-order valence-electron chi connectivity index (χ4n) is 3.77. The van der Waals surface area contributed by atoms with Gasteiger partial charge >= 0.3 is 11.7 Å². The lowest BCUT2D eigenvalue weighted by Gasteiger charge is -2.25. The Morgan fingerprint density at radius 1 is 1.03 bits per heavy atom. The number of aryl methyl sites for hydroxylation is 1. The van der Waals surface area contributed by atoms with Crippen molar-refractivity contribution >= 4 is 22.8 Å². The molecule has 2 aromatic carbocycles. The molecule has 32 heavy (non-hydrogen) atoms. The van der Waals surface area contributed by atoms with Crippen LogP contribution < -0.4 is 16.6 Å². The number of hydrogen-bond acceptors (Lipinski definition) is 4. The summed E-state index contributed by atoms with van der Waals surface area (Å²) in [6, 6.07) is 13.3. The number of hydrogen-bond donors (Lipinski definition) is 2. The molecule has 168 valence electrons. The number of carboxylic acid groups (broad SMARTS) is 1. The number of nitrogens with one attached hydrogen (secondary N) is 1. The van der Waals surface area contributed by atoms with Gasteiger partial charge in [-0.15, -0.1) is 0 Å². The smallest absolute Gasteiger partial charge is 0.331 e. The van der Waals surface area contributed by atoms with Gasteiger partial charge in [-0.1, -0.05) is 62.7 Å². The number of fused-ring (bicyclic) bond motifs is 1. The molecule has 1 aromatic heterocycles. The van der Waals surface area contributed by atoms with Crippen molar-refractivity contribution in [3.05, 3.63) is 81.0 Å². The second-order valence-electron chi connectivity index (χ2n) is 7.95. The van der Waals surface area contributed by atoms with E-state index in [1.54, 1.807) is 55.5 Å². The maximum absolute atomic E-state index is 13.4. The normalized spacial score (nSPS) is 14.0. The van der Waals surface area contributed by atoms with Crippen molar-refractivity contribution in [1.82, 2.24) is 14.5 Å². The number of para-hydroxylation sites is 1. The molecule has 3 unspecified atom stereocenters. The molecule has 3 aromatic rings. The van der Waals surface area contributed by atoms with Crippen molar-refractivity contribution < 1.29 is 14.7 Å². The van der Waals surface area contributed by atoms with Gasteiger partial charge in [0.2, 0.25) is 5.91 Å². The summed E-state index contributed by atoms with van der Waals surface area (Å²) in [5.74, 6) is -2.18. The molecule has 0 aliphatic heterocycles. The fraction of sp³-hybridized carbons (Fsp3) is 0.333. The number of carboxylic acids is 1. The summed E-state index contributed by atoms with van der Waals surface area (Å²) in [5, 5.41) is 12.5. The minimum atomic E-state index is -1.21. The Labute approximate surface area is 185 Å². The average molecular weight is 437 g/mol. The van der Waals surface area contributed by atoms with Gasteiger partial charge in [-0.2, -0.15) is 0 Å². The van der Waals surface area contributed by atoms with Gasteiger partial charge in [0.15, 0.2) is 0 Å². The molecule has 0 saturated heterocycles. The van der Waals surface area contributed by atoms with Crippen LogP contribution in [0.5, 0.6) is 0 Å². The van der Waals surface area contributed by atoms with Crippen molar-refractivity contribution in [1.29, 1.82) is 0 Å². The van der Waals surface area contributed by atoms with E-state index in [1.807, 2.05) is 13.0 Å². The molecule has 0 saturated carbocycles. The third kappa shape index (κ3) is 4.49. The molecule has 8 nitrogen and oxygen atoms in total. The van der Waals surface area contributed by atoms with E-state index in [2.05, 4.69) is 5.32 Å². The molecule has 3 atom stereocenters. The van der Waals surface area contributed by atoms with Gasteiger partial charge in [0.05, 0.1) is 10.9 Å². The molecule has 0 radical (unpaired) electrons. The van der Waals surface area contributed by atoms with E-state index < -0.39 is 35.2 Å². The monoisotopic (exact) mass is 437 g/mol. The highest BCUT2D eigenvalue weighted by Gasteiger charge is 2.31. The lowest BCUT2D eigenvalue weighted by atomic mass is 9.98. The Bertz CT molecular complexity index is 1250. The van der Waals surface area contributed by atoms with E-state index in [0.717, 1.165) is 10.1 Å². The molecule has 0 spiro atoms.